The summed E-state index contributed by atoms with van der Waals surface area (Å²) in [5.41, 5.74) is 4.83. The van der Waals surface area contributed by atoms with E-state index in [1.54, 1.807) is 6.92 Å². The number of aliphatic hydroxyl groups is 1. The Morgan fingerprint density at radius 1 is 1.75 bits per heavy atom. The summed E-state index contributed by atoms with van der Waals surface area (Å²) < 4.78 is 0. The zero-order valence-corrected chi connectivity index (χ0v) is 4.85. The van der Waals surface area contributed by atoms with Gasteiger partial charge in [0.1, 0.15) is 0 Å². The predicted molar refractivity (Wildman–Crippen MR) is 29.8 cm³/mol. The van der Waals surface area contributed by atoms with Crippen molar-refractivity contribution >= 4 is 5.91 Å². The summed E-state index contributed by atoms with van der Waals surface area (Å²) in [5.74, 6) is 0.0894. The van der Waals surface area contributed by atoms with Gasteiger partial charge in [-0.2, -0.15) is 0 Å². The van der Waals surface area contributed by atoms with E-state index in [9.17, 15) is 4.79 Å². The molecule has 0 aliphatic rings. The zero-order chi connectivity index (χ0) is 6.57. The molecule has 3 N–H and O–H groups in total. The van der Waals surface area contributed by atoms with E-state index in [-0.39, 0.29) is 6.61 Å². The molecule has 8 heavy (non-hydrogen) atoms. The van der Waals surface area contributed by atoms with Gasteiger partial charge in [0.05, 0.1) is 5.92 Å². The highest BCUT2D eigenvalue weighted by molar-refractivity contribution is 5.87. The highest BCUT2D eigenvalue weighted by Crippen LogP contribution is 1.99. The van der Waals surface area contributed by atoms with Crippen LogP contribution in [0.15, 0.2) is 0 Å². The molecule has 0 spiro atoms. The largest absolute Gasteiger partial charge is 0.396 e. The molecule has 0 aliphatic heterocycles. The highest BCUT2D eigenvalue weighted by atomic mass is 16.3. The summed E-state index contributed by atoms with van der Waals surface area (Å²) in [6.45, 7) is 1.60. The summed E-state index contributed by atoms with van der Waals surface area (Å²) in [6.07, 6.45) is 0.384. The van der Waals surface area contributed by atoms with Gasteiger partial charge in [0.15, 0.2) is 0 Å². The van der Waals surface area contributed by atoms with E-state index < -0.39 is 5.91 Å². The van der Waals surface area contributed by atoms with Crippen molar-refractivity contribution in [3.63, 3.8) is 0 Å². The summed E-state index contributed by atoms with van der Waals surface area (Å²) in [5, 5.41) is 8.26. The van der Waals surface area contributed by atoms with Gasteiger partial charge < -0.3 is 10.8 Å². The molecule has 0 unspecified atom stereocenters. The molecule has 3 heteroatoms. The van der Waals surface area contributed by atoms with Crippen LogP contribution in [0.2, 0.25) is 0 Å². The Hall–Kier alpha value is -0.570. The number of rotatable bonds is 3. The number of hydrogen-bond donors (Lipinski definition) is 2. The van der Waals surface area contributed by atoms with Crippen LogP contribution in [0.3, 0.4) is 0 Å². The molecule has 0 aromatic heterocycles. The van der Waals surface area contributed by atoms with Crippen LogP contribution < -0.4 is 5.73 Å². The molecule has 0 aromatic carbocycles. The topological polar surface area (TPSA) is 63.3 Å². The van der Waals surface area contributed by atoms with Crippen LogP contribution in [0.1, 0.15) is 13.3 Å². The fraction of sp³-hybridized carbons (Fsp3) is 0.600. The van der Waals surface area contributed by atoms with Crippen LogP contribution in [0.25, 0.3) is 0 Å². The quantitative estimate of drug-likeness (QED) is 0.519. The minimum atomic E-state index is -0.431. The smallest absolute Gasteiger partial charge is 0.224 e. The molecule has 0 heterocycles. The fourth-order valence-corrected chi connectivity index (χ4v) is 0.291. The first kappa shape index (κ1) is 7.43. The van der Waals surface area contributed by atoms with E-state index in [0.29, 0.717) is 12.3 Å². The number of carbonyl (C=O) groups is 1. The van der Waals surface area contributed by atoms with Gasteiger partial charge in [-0.1, -0.05) is 0 Å². The number of carbonyl (C=O) groups excluding carboxylic acids is 1. The lowest BCUT2D eigenvalue weighted by molar-refractivity contribution is -0.116. The van der Waals surface area contributed by atoms with Crippen molar-refractivity contribution in [3.05, 3.63) is 5.92 Å². The fourth-order valence-electron chi connectivity index (χ4n) is 0.291. The summed E-state index contributed by atoms with van der Waals surface area (Å²) in [6, 6.07) is 0. The van der Waals surface area contributed by atoms with Crippen molar-refractivity contribution < 1.29 is 9.90 Å². The minimum absolute atomic E-state index is 0.00519. The number of nitrogens with two attached hydrogens (primary N) is 1. The maximum absolute atomic E-state index is 10.2. The molecular formula is C5H10NO2. The third kappa shape index (κ3) is 2.58. The van der Waals surface area contributed by atoms with E-state index in [4.69, 9.17) is 10.8 Å². The molecule has 1 radical (unpaired) electrons. The third-order valence-electron chi connectivity index (χ3n) is 0.907. The molecule has 0 aliphatic carbocycles. The van der Waals surface area contributed by atoms with E-state index in [1.807, 2.05) is 0 Å². The second-order valence-electron chi connectivity index (χ2n) is 1.62. The Balaban J connectivity index is 3.32. The lowest BCUT2D eigenvalue weighted by Crippen LogP contribution is -2.19. The molecule has 0 rings (SSSR count). The molecule has 0 aromatic rings. The van der Waals surface area contributed by atoms with Crippen molar-refractivity contribution in [1.82, 2.24) is 0 Å². The second-order valence-corrected chi connectivity index (χ2v) is 1.62. The first-order valence-electron chi connectivity index (χ1n) is 2.41. The first-order chi connectivity index (χ1) is 3.68. The lowest BCUT2D eigenvalue weighted by atomic mass is 10.1. The molecule has 47 valence electrons. The number of hydrogen-bond acceptors (Lipinski definition) is 2. The van der Waals surface area contributed by atoms with Crippen LogP contribution >= 0.6 is 0 Å². The average molecular weight is 116 g/mol. The van der Waals surface area contributed by atoms with Crippen molar-refractivity contribution in [2.45, 2.75) is 13.3 Å². The Morgan fingerprint density at radius 2 is 2.25 bits per heavy atom. The van der Waals surface area contributed by atoms with Gasteiger partial charge in [-0.05, 0) is 13.3 Å². The highest BCUT2D eigenvalue weighted by Gasteiger charge is 2.06. The molecule has 0 atom stereocenters. The molecule has 0 fully saturated rings. The van der Waals surface area contributed by atoms with Gasteiger partial charge in [0.2, 0.25) is 5.91 Å². The van der Waals surface area contributed by atoms with Crippen LogP contribution in [-0.2, 0) is 4.79 Å². The van der Waals surface area contributed by atoms with Crippen LogP contribution in [0.4, 0.5) is 0 Å². The molecule has 0 saturated heterocycles. The third-order valence-corrected chi connectivity index (χ3v) is 0.907. The van der Waals surface area contributed by atoms with Gasteiger partial charge in [-0.15, -0.1) is 0 Å². The van der Waals surface area contributed by atoms with E-state index in [2.05, 4.69) is 0 Å². The molecule has 1 amide bonds. The zero-order valence-electron chi connectivity index (χ0n) is 4.85. The SMILES string of the molecule is C[C](CCO)C(N)=O. The number of aliphatic hydroxyl groups excluding tert-OH is 1. The Bertz CT molecular complexity index is 82.5. The van der Waals surface area contributed by atoms with E-state index >= 15 is 0 Å². The number of amides is 1. The van der Waals surface area contributed by atoms with Crippen LogP contribution in [0.5, 0.6) is 0 Å². The minimum Gasteiger partial charge on any atom is -0.396 e. The normalized spacial score (nSPS) is 9.88. The van der Waals surface area contributed by atoms with Crippen LogP contribution in [0, 0.1) is 5.92 Å². The second kappa shape index (κ2) is 3.43. The molecular weight excluding hydrogens is 106 g/mol. The van der Waals surface area contributed by atoms with Gasteiger partial charge in [0.25, 0.3) is 0 Å². The van der Waals surface area contributed by atoms with Crippen LogP contribution in [-0.4, -0.2) is 17.6 Å². The summed E-state index contributed by atoms with van der Waals surface area (Å²) in [7, 11) is 0. The molecule has 3 nitrogen and oxygen atoms in total. The lowest BCUT2D eigenvalue weighted by Gasteiger charge is -2.00. The van der Waals surface area contributed by atoms with E-state index in [0.717, 1.165) is 0 Å². The van der Waals surface area contributed by atoms with Gasteiger partial charge in [-0.25, -0.2) is 0 Å². The predicted octanol–water partition coefficient (Wildman–Crippen LogP) is -0.552. The monoisotopic (exact) mass is 116 g/mol. The van der Waals surface area contributed by atoms with Crippen molar-refractivity contribution in [1.29, 1.82) is 0 Å². The molecule has 0 bridgehead atoms. The maximum atomic E-state index is 10.2. The Morgan fingerprint density at radius 3 is 2.38 bits per heavy atom. The van der Waals surface area contributed by atoms with Crippen molar-refractivity contribution in [3.8, 4) is 0 Å². The van der Waals surface area contributed by atoms with Crippen molar-refractivity contribution in [2.75, 3.05) is 6.61 Å². The first-order valence-corrected chi connectivity index (χ1v) is 2.41. The average Bonchev–Trinajstić information content (AvgIpc) is 1.67. The van der Waals surface area contributed by atoms with Gasteiger partial charge in [0, 0.05) is 6.61 Å². The summed E-state index contributed by atoms with van der Waals surface area (Å²) in [4.78, 5) is 10.2. The molecule has 0 saturated carbocycles. The maximum Gasteiger partial charge on any atom is 0.224 e. The van der Waals surface area contributed by atoms with E-state index in [1.165, 1.54) is 0 Å². The summed E-state index contributed by atoms with van der Waals surface area (Å²) >= 11 is 0. The number of primary amides is 1. The van der Waals surface area contributed by atoms with Gasteiger partial charge in [-0.3, -0.25) is 4.79 Å². The Labute approximate surface area is 48.5 Å². The standard InChI is InChI=1S/C5H10NO2/c1-4(2-3-7)5(6)8/h7H,2-3H2,1H3,(H2,6,8). The van der Waals surface area contributed by atoms with Crippen molar-refractivity contribution in [2.24, 2.45) is 5.73 Å². The van der Waals surface area contributed by atoms with Gasteiger partial charge >= 0.3 is 0 Å². The Kier molecular flexibility index (Phi) is 3.19.